The van der Waals surface area contributed by atoms with Crippen LogP contribution in [0.2, 0.25) is 0 Å². The molecule has 0 bridgehead atoms. The normalized spacial score (nSPS) is 25.0. The molecule has 2 aliphatic rings. The first-order chi connectivity index (χ1) is 12.0. The second kappa shape index (κ2) is 8.17. The van der Waals surface area contributed by atoms with E-state index in [1.54, 1.807) is 6.07 Å². The highest BCUT2D eigenvalue weighted by Gasteiger charge is 2.24. The summed E-state index contributed by atoms with van der Waals surface area (Å²) in [4.78, 5) is 14.3. The number of halogens is 1. The van der Waals surface area contributed by atoms with Gasteiger partial charge in [0.2, 0.25) is 5.91 Å². The zero-order valence-corrected chi connectivity index (χ0v) is 15.3. The number of carbonyl (C=O) groups excluding carboxylic acids is 1. The van der Waals surface area contributed by atoms with E-state index in [-0.39, 0.29) is 29.9 Å². The van der Waals surface area contributed by atoms with Gasteiger partial charge < -0.3 is 15.0 Å². The van der Waals surface area contributed by atoms with Gasteiger partial charge in [-0.25, -0.2) is 4.39 Å². The molecule has 25 heavy (non-hydrogen) atoms. The van der Waals surface area contributed by atoms with Crippen LogP contribution in [0.15, 0.2) is 18.2 Å². The van der Waals surface area contributed by atoms with Crippen LogP contribution in [0.1, 0.15) is 51.5 Å². The lowest BCUT2D eigenvalue weighted by molar-refractivity contribution is -0.126. The molecule has 1 saturated heterocycles. The zero-order chi connectivity index (χ0) is 17.8. The van der Waals surface area contributed by atoms with E-state index < -0.39 is 0 Å². The highest BCUT2D eigenvalue weighted by Crippen LogP contribution is 2.25. The molecule has 0 radical (unpaired) electrons. The van der Waals surface area contributed by atoms with E-state index >= 15 is 0 Å². The first-order valence-corrected chi connectivity index (χ1v) is 9.49. The molecule has 1 heterocycles. The number of morpholine rings is 1. The minimum absolute atomic E-state index is 0.0950. The largest absolute Gasteiger partial charge is 0.372 e. The molecular formula is C20H29FN2O2. The Kier molecular flexibility index (Phi) is 5.94. The fourth-order valence-electron chi connectivity index (χ4n) is 3.99. The van der Waals surface area contributed by atoms with Crippen molar-refractivity contribution >= 4 is 11.6 Å². The number of rotatable bonds is 4. The van der Waals surface area contributed by atoms with Crippen molar-refractivity contribution in [2.45, 2.75) is 64.7 Å². The number of amides is 1. The van der Waals surface area contributed by atoms with Crippen LogP contribution in [0.25, 0.3) is 0 Å². The number of hydrogen-bond donors (Lipinski definition) is 1. The molecule has 1 saturated carbocycles. The smallest absolute Gasteiger partial charge is 0.223 e. The van der Waals surface area contributed by atoms with Gasteiger partial charge in [-0.05, 0) is 44.4 Å². The maximum absolute atomic E-state index is 14.6. The molecule has 5 heteroatoms. The fourth-order valence-corrected chi connectivity index (χ4v) is 3.99. The highest BCUT2D eigenvalue weighted by atomic mass is 19.1. The van der Waals surface area contributed by atoms with E-state index in [1.165, 1.54) is 6.42 Å². The Hall–Kier alpha value is -1.62. The van der Waals surface area contributed by atoms with Crippen molar-refractivity contribution in [2.75, 3.05) is 18.0 Å². The van der Waals surface area contributed by atoms with Crippen molar-refractivity contribution in [3.05, 3.63) is 29.6 Å². The molecule has 1 amide bonds. The Labute approximate surface area is 149 Å². The number of benzene rings is 1. The van der Waals surface area contributed by atoms with E-state index in [9.17, 15) is 9.18 Å². The first kappa shape index (κ1) is 18.2. The van der Waals surface area contributed by atoms with E-state index in [0.29, 0.717) is 25.3 Å². The van der Waals surface area contributed by atoms with Crippen molar-refractivity contribution in [3.63, 3.8) is 0 Å². The molecule has 2 fully saturated rings. The first-order valence-electron chi connectivity index (χ1n) is 9.49. The van der Waals surface area contributed by atoms with Crippen molar-refractivity contribution in [2.24, 2.45) is 5.92 Å². The lowest BCUT2D eigenvalue weighted by atomic mass is 9.88. The molecule has 0 aromatic heterocycles. The van der Waals surface area contributed by atoms with Crippen LogP contribution < -0.4 is 10.2 Å². The van der Waals surface area contributed by atoms with Gasteiger partial charge in [0, 0.05) is 25.6 Å². The van der Waals surface area contributed by atoms with Gasteiger partial charge in [-0.2, -0.15) is 0 Å². The summed E-state index contributed by atoms with van der Waals surface area (Å²) in [5.41, 5.74) is 1.42. The van der Waals surface area contributed by atoms with Crippen molar-refractivity contribution < 1.29 is 13.9 Å². The lowest BCUT2D eigenvalue weighted by Crippen LogP contribution is -2.45. The number of anilines is 1. The molecule has 3 rings (SSSR count). The standard InChI is InChI=1S/C20H29FN2O2/c1-14-12-23(13-15(2)25-14)19-9-8-16(10-18(19)21)11-22-20(24)17-6-4-3-5-7-17/h8-10,14-15,17H,3-7,11-13H2,1-2H3,(H,22,24)/t14-,15-/m1/s1. The van der Waals surface area contributed by atoms with Gasteiger partial charge in [0.05, 0.1) is 17.9 Å². The summed E-state index contributed by atoms with van der Waals surface area (Å²) >= 11 is 0. The Balaban J connectivity index is 1.59. The average molecular weight is 348 g/mol. The van der Waals surface area contributed by atoms with Gasteiger partial charge in [-0.3, -0.25) is 4.79 Å². The molecular weight excluding hydrogens is 319 g/mol. The van der Waals surface area contributed by atoms with Gasteiger partial charge in [0.25, 0.3) is 0 Å². The zero-order valence-electron chi connectivity index (χ0n) is 15.3. The third-order valence-corrected chi connectivity index (χ3v) is 5.22. The summed E-state index contributed by atoms with van der Waals surface area (Å²) < 4.78 is 20.3. The Morgan fingerprint density at radius 3 is 2.52 bits per heavy atom. The lowest BCUT2D eigenvalue weighted by Gasteiger charge is -2.37. The quantitative estimate of drug-likeness (QED) is 0.903. The van der Waals surface area contributed by atoms with Gasteiger partial charge in [0.1, 0.15) is 5.82 Å². The van der Waals surface area contributed by atoms with Gasteiger partial charge in [-0.1, -0.05) is 25.3 Å². The maximum atomic E-state index is 14.6. The second-order valence-electron chi connectivity index (χ2n) is 7.50. The van der Waals surface area contributed by atoms with Crippen LogP contribution in [0.5, 0.6) is 0 Å². The second-order valence-corrected chi connectivity index (χ2v) is 7.50. The molecule has 0 spiro atoms. The molecule has 0 unspecified atom stereocenters. The summed E-state index contributed by atoms with van der Waals surface area (Å²) in [5.74, 6) is 0.0138. The third-order valence-electron chi connectivity index (χ3n) is 5.22. The predicted molar refractivity (Wildman–Crippen MR) is 97.0 cm³/mol. The van der Waals surface area contributed by atoms with E-state index in [0.717, 1.165) is 31.2 Å². The molecule has 1 aromatic rings. The van der Waals surface area contributed by atoms with Crippen LogP contribution in [-0.2, 0) is 16.1 Å². The SMILES string of the molecule is C[C@@H]1CN(c2ccc(CNC(=O)C3CCCCC3)cc2F)C[C@@H](C)O1. The number of nitrogens with zero attached hydrogens (tertiary/aromatic N) is 1. The number of carbonyl (C=O) groups is 1. The number of hydrogen-bond acceptors (Lipinski definition) is 3. The summed E-state index contributed by atoms with van der Waals surface area (Å²) in [5, 5.41) is 2.97. The van der Waals surface area contributed by atoms with Crippen molar-refractivity contribution in [1.29, 1.82) is 0 Å². The van der Waals surface area contributed by atoms with Gasteiger partial charge in [-0.15, -0.1) is 0 Å². The minimum atomic E-state index is -0.231. The third kappa shape index (κ3) is 4.72. The van der Waals surface area contributed by atoms with Crippen LogP contribution in [0, 0.1) is 11.7 Å². The topological polar surface area (TPSA) is 41.6 Å². The van der Waals surface area contributed by atoms with E-state index in [2.05, 4.69) is 5.32 Å². The Morgan fingerprint density at radius 1 is 1.20 bits per heavy atom. The summed E-state index contributed by atoms with van der Waals surface area (Å²) in [6.07, 6.45) is 5.65. The molecule has 1 aromatic carbocycles. The monoisotopic (exact) mass is 348 g/mol. The van der Waals surface area contributed by atoms with Crippen LogP contribution in [0.4, 0.5) is 10.1 Å². The van der Waals surface area contributed by atoms with Gasteiger partial charge in [0.15, 0.2) is 0 Å². The Bertz CT molecular complexity index is 591. The minimum Gasteiger partial charge on any atom is -0.372 e. The number of nitrogens with one attached hydrogen (secondary N) is 1. The van der Waals surface area contributed by atoms with E-state index in [4.69, 9.17) is 4.74 Å². The van der Waals surface area contributed by atoms with Crippen molar-refractivity contribution in [1.82, 2.24) is 5.32 Å². The fraction of sp³-hybridized carbons (Fsp3) is 0.650. The van der Waals surface area contributed by atoms with E-state index in [1.807, 2.05) is 30.9 Å². The summed E-state index contributed by atoms with van der Waals surface area (Å²) in [6.45, 7) is 5.80. The molecule has 1 aliphatic heterocycles. The highest BCUT2D eigenvalue weighted by molar-refractivity contribution is 5.78. The van der Waals surface area contributed by atoms with Gasteiger partial charge >= 0.3 is 0 Å². The summed E-state index contributed by atoms with van der Waals surface area (Å²) in [7, 11) is 0. The molecule has 1 N–H and O–H groups in total. The molecule has 1 aliphatic carbocycles. The molecule has 2 atom stereocenters. The van der Waals surface area contributed by atoms with Crippen LogP contribution >= 0.6 is 0 Å². The predicted octanol–water partition coefficient (Wildman–Crippen LogP) is 3.64. The maximum Gasteiger partial charge on any atom is 0.223 e. The molecule has 138 valence electrons. The Morgan fingerprint density at radius 2 is 1.88 bits per heavy atom. The summed E-state index contributed by atoms with van der Waals surface area (Å²) in [6, 6.07) is 5.27. The van der Waals surface area contributed by atoms with Crippen molar-refractivity contribution in [3.8, 4) is 0 Å². The molecule has 4 nitrogen and oxygen atoms in total. The number of ether oxygens (including phenoxy) is 1. The van der Waals surface area contributed by atoms with Crippen LogP contribution in [-0.4, -0.2) is 31.2 Å². The average Bonchev–Trinajstić information content (AvgIpc) is 2.59. The van der Waals surface area contributed by atoms with Crippen LogP contribution in [0.3, 0.4) is 0 Å².